The molecular weight excluding hydrogens is 518 g/mol. The minimum absolute atomic E-state index is 0.350. The van der Waals surface area contributed by atoms with Crippen LogP contribution in [0.1, 0.15) is 0 Å². The van der Waals surface area contributed by atoms with Crippen LogP contribution in [0.4, 0.5) is 10.1 Å². The summed E-state index contributed by atoms with van der Waals surface area (Å²) < 4.78 is 11.8. The molecule has 10 heteroatoms. The number of rotatable bonds is 5. The highest BCUT2D eigenvalue weighted by Gasteiger charge is 2.43. The molecular formula is C24H18Cl3FN4OS. The average molecular weight is 536 g/mol. The number of aromatic nitrogens is 1. The van der Waals surface area contributed by atoms with Crippen LogP contribution in [0.15, 0.2) is 84.3 Å². The summed E-state index contributed by atoms with van der Waals surface area (Å²) in [4.78, 5) is 20.4. The van der Waals surface area contributed by atoms with Crippen molar-refractivity contribution in [1.29, 1.82) is 0 Å². The maximum absolute atomic E-state index is 13.6. The zero-order valence-electron chi connectivity index (χ0n) is 17.6. The van der Waals surface area contributed by atoms with Crippen LogP contribution in [-0.4, -0.2) is 44.0 Å². The van der Waals surface area contributed by atoms with Crippen LogP contribution in [0, 0.1) is 5.82 Å². The molecule has 1 aliphatic carbocycles. The van der Waals surface area contributed by atoms with E-state index in [0.29, 0.717) is 40.4 Å². The third-order valence-electron chi connectivity index (χ3n) is 5.15. The smallest absolute Gasteiger partial charge is 0.245 e. The molecule has 1 aromatic heterocycles. The van der Waals surface area contributed by atoms with Gasteiger partial charge in [-0.2, -0.15) is 0 Å². The number of alkyl halides is 3. The van der Waals surface area contributed by atoms with E-state index in [1.807, 2.05) is 35.3 Å². The summed E-state index contributed by atoms with van der Waals surface area (Å²) in [5.41, 5.74) is 5.04. The van der Waals surface area contributed by atoms with Crippen molar-refractivity contribution in [2.24, 2.45) is 0 Å². The van der Waals surface area contributed by atoms with Gasteiger partial charge in [-0.3, -0.25) is 9.78 Å². The normalized spacial score (nSPS) is 16.9. The molecule has 2 aromatic rings. The van der Waals surface area contributed by atoms with Gasteiger partial charge >= 0.3 is 0 Å². The fraction of sp³-hybridized carbons (Fsp3) is 0.167. The second-order valence-electron chi connectivity index (χ2n) is 7.43. The number of nitrogens with zero attached hydrogens (tertiary/aromatic N) is 3. The molecule has 1 unspecified atom stereocenters. The number of hydrogen-bond acceptors (Lipinski definition) is 3. The molecule has 0 spiro atoms. The zero-order chi connectivity index (χ0) is 24.3. The number of allylic oxidation sites excluding steroid dienone is 6. The predicted molar refractivity (Wildman–Crippen MR) is 140 cm³/mol. The van der Waals surface area contributed by atoms with Crippen LogP contribution < -0.4 is 10.2 Å². The molecule has 1 atom stereocenters. The van der Waals surface area contributed by atoms with Crippen molar-refractivity contribution in [3.8, 4) is 0 Å². The highest BCUT2D eigenvalue weighted by Crippen LogP contribution is 2.36. The lowest BCUT2D eigenvalue weighted by Gasteiger charge is -2.34. The molecule has 174 valence electrons. The second-order valence-corrected chi connectivity index (χ2v) is 10.2. The quantitative estimate of drug-likeness (QED) is 0.242. The summed E-state index contributed by atoms with van der Waals surface area (Å²) in [5.74, 6) is -0.885. The van der Waals surface area contributed by atoms with Crippen LogP contribution in [-0.2, 0) is 4.79 Å². The van der Waals surface area contributed by atoms with Gasteiger partial charge in [0.05, 0.1) is 17.4 Å². The Kier molecular flexibility index (Phi) is 7.41. The van der Waals surface area contributed by atoms with Crippen molar-refractivity contribution < 1.29 is 9.18 Å². The van der Waals surface area contributed by atoms with Crippen molar-refractivity contribution in [3.05, 3.63) is 90.1 Å². The maximum Gasteiger partial charge on any atom is 0.245 e. The minimum Gasteiger partial charge on any atom is -0.328 e. The van der Waals surface area contributed by atoms with Gasteiger partial charge in [0.2, 0.25) is 9.70 Å². The van der Waals surface area contributed by atoms with Gasteiger partial charge in [-0.15, -0.1) is 5.73 Å². The van der Waals surface area contributed by atoms with E-state index in [4.69, 9.17) is 47.0 Å². The third-order valence-corrected chi connectivity index (χ3v) is 6.22. The molecule has 34 heavy (non-hydrogen) atoms. The Morgan fingerprint density at radius 2 is 2.09 bits per heavy atom. The Bertz CT molecular complexity index is 1290. The topological polar surface area (TPSA) is 48.5 Å². The van der Waals surface area contributed by atoms with Crippen LogP contribution in [0.5, 0.6) is 0 Å². The number of para-hydroxylation sites is 1. The molecule has 1 aliphatic heterocycles. The average Bonchev–Trinajstić information content (AvgIpc) is 2.98. The van der Waals surface area contributed by atoms with Gasteiger partial charge in [0.25, 0.3) is 0 Å². The first-order chi connectivity index (χ1) is 16.2. The molecule has 1 amide bonds. The van der Waals surface area contributed by atoms with E-state index in [-0.39, 0.29) is 0 Å². The number of benzene rings is 1. The van der Waals surface area contributed by atoms with E-state index in [1.165, 1.54) is 12.1 Å². The van der Waals surface area contributed by atoms with Gasteiger partial charge in [-0.25, -0.2) is 4.39 Å². The number of nitrogens with one attached hydrogen (secondary N) is 1. The standard InChI is InChI=1S/C24H18Cl3FN4OS/c25-24(26,27)22(30-20(33)11-10-16-6-3-1-2-4-7-16)32-13-12-31(23(32)34)19-9-5-8-17-14-18(28)15-29-21(17)19/h1-6,8-11,14-15,22H,12-13H2,(H,30,33)/b11-10+. The SMILES string of the molecule is O=C(/C=C/C1=C=CC=CC=C1)NC(N1CCN(c2cccc3cc(F)cnc23)C1=S)C(Cl)(Cl)Cl. The summed E-state index contributed by atoms with van der Waals surface area (Å²) in [6.45, 7) is 0.858. The fourth-order valence-electron chi connectivity index (χ4n) is 3.61. The van der Waals surface area contributed by atoms with Crippen molar-refractivity contribution in [2.45, 2.75) is 9.96 Å². The molecule has 0 radical (unpaired) electrons. The number of thiocarbonyl (C=S) groups is 1. The second kappa shape index (κ2) is 10.3. The molecule has 1 fully saturated rings. The van der Waals surface area contributed by atoms with Crippen molar-refractivity contribution >= 4 is 74.6 Å². The van der Waals surface area contributed by atoms with Crippen LogP contribution >= 0.6 is 47.0 Å². The first kappa shape index (κ1) is 24.5. The minimum atomic E-state index is -1.87. The van der Waals surface area contributed by atoms with Crippen LogP contribution in [0.3, 0.4) is 0 Å². The third kappa shape index (κ3) is 5.52. The highest BCUT2D eigenvalue weighted by atomic mass is 35.6. The number of carbonyl (C=O) groups is 1. The Labute approximate surface area is 216 Å². The number of carbonyl (C=O) groups excluding carboxylic acids is 1. The molecule has 0 bridgehead atoms. The van der Waals surface area contributed by atoms with E-state index in [2.05, 4.69) is 16.0 Å². The number of hydrogen-bond donors (Lipinski definition) is 1. The van der Waals surface area contributed by atoms with Crippen LogP contribution in [0.2, 0.25) is 0 Å². The monoisotopic (exact) mass is 534 g/mol. The van der Waals surface area contributed by atoms with Crippen molar-refractivity contribution in [2.75, 3.05) is 18.0 Å². The molecule has 2 heterocycles. The molecule has 4 rings (SSSR count). The maximum atomic E-state index is 13.6. The van der Waals surface area contributed by atoms with E-state index in [9.17, 15) is 9.18 Å². The van der Waals surface area contributed by atoms with Gasteiger partial charge in [-0.1, -0.05) is 65.2 Å². The molecule has 1 N–H and O–H groups in total. The summed E-state index contributed by atoms with van der Waals surface area (Å²) in [6.07, 6.45) is 12.2. The van der Waals surface area contributed by atoms with E-state index < -0.39 is 21.7 Å². The summed E-state index contributed by atoms with van der Waals surface area (Å²) in [6, 6.07) is 6.81. The largest absolute Gasteiger partial charge is 0.328 e. The lowest BCUT2D eigenvalue weighted by Crippen LogP contribution is -2.56. The molecule has 5 nitrogen and oxygen atoms in total. The summed E-state index contributed by atoms with van der Waals surface area (Å²) >= 11 is 24.4. The Morgan fingerprint density at radius 3 is 2.88 bits per heavy atom. The Morgan fingerprint density at radius 1 is 1.26 bits per heavy atom. The fourth-order valence-corrected chi connectivity index (χ4v) is 4.52. The van der Waals surface area contributed by atoms with Gasteiger partial charge in [0, 0.05) is 30.1 Å². The zero-order valence-corrected chi connectivity index (χ0v) is 20.7. The molecule has 2 aliphatic rings. The Balaban J connectivity index is 1.55. The van der Waals surface area contributed by atoms with Gasteiger partial charge in [0.15, 0.2) is 11.3 Å². The van der Waals surface area contributed by atoms with E-state index in [0.717, 1.165) is 6.20 Å². The van der Waals surface area contributed by atoms with Crippen molar-refractivity contribution in [1.82, 2.24) is 15.2 Å². The molecule has 1 aromatic carbocycles. The molecule has 0 saturated carbocycles. The predicted octanol–water partition coefficient (Wildman–Crippen LogP) is 5.36. The van der Waals surface area contributed by atoms with E-state index in [1.54, 1.807) is 29.2 Å². The summed E-state index contributed by atoms with van der Waals surface area (Å²) in [5, 5.41) is 3.72. The number of fused-ring (bicyclic) bond motifs is 1. The molecule has 1 saturated heterocycles. The van der Waals surface area contributed by atoms with Crippen LogP contribution in [0.25, 0.3) is 10.9 Å². The highest BCUT2D eigenvalue weighted by molar-refractivity contribution is 7.80. The number of anilines is 1. The first-order valence-electron chi connectivity index (χ1n) is 10.2. The number of halogens is 4. The lowest BCUT2D eigenvalue weighted by molar-refractivity contribution is -0.117. The summed E-state index contributed by atoms with van der Waals surface area (Å²) in [7, 11) is 0. The number of amides is 1. The lowest BCUT2D eigenvalue weighted by atomic mass is 10.2. The van der Waals surface area contributed by atoms with Gasteiger partial charge in [-0.05, 0) is 42.6 Å². The van der Waals surface area contributed by atoms with Gasteiger partial charge in [0.1, 0.15) is 5.82 Å². The first-order valence-corrected chi connectivity index (χ1v) is 11.8. The number of pyridine rings is 1. The Hall–Kier alpha value is -2.67. The van der Waals surface area contributed by atoms with Crippen molar-refractivity contribution in [3.63, 3.8) is 0 Å². The van der Waals surface area contributed by atoms with E-state index >= 15 is 0 Å². The van der Waals surface area contributed by atoms with Gasteiger partial charge < -0.3 is 15.1 Å².